The van der Waals surface area contributed by atoms with Crippen molar-refractivity contribution in [2.45, 2.75) is 23.5 Å². The normalized spacial score (nSPS) is 16.4. The highest BCUT2D eigenvalue weighted by Crippen LogP contribution is 2.35. The molecule has 2 heterocycles. The van der Waals surface area contributed by atoms with Crippen LogP contribution in [-0.2, 0) is 4.74 Å². The van der Waals surface area contributed by atoms with Crippen molar-refractivity contribution in [1.82, 2.24) is 4.98 Å². The summed E-state index contributed by atoms with van der Waals surface area (Å²) in [5.74, 6) is 1.41. The molecule has 0 aliphatic carbocycles. The van der Waals surface area contributed by atoms with Crippen molar-refractivity contribution in [3.05, 3.63) is 54.6 Å². The summed E-state index contributed by atoms with van der Waals surface area (Å²) in [5.41, 5.74) is 2.52. The molecule has 0 bridgehead atoms. The van der Waals surface area contributed by atoms with E-state index in [-0.39, 0.29) is 0 Å². The minimum atomic E-state index is -0.680. The Hall–Kier alpha value is -2.08. The number of nitrogens with zero attached hydrogens (tertiary/aromatic N) is 1. The lowest BCUT2D eigenvalue weighted by molar-refractivity contribution is -0.0476. The Kier molecular flexibility index (Phi) is 5.34. The number of rotatable bonds is 5. The van der Waals surface area contributed by atoms with E-state index in [4.69, 9.17) is 14.5 Å². The monoisotopic (exact) mass is 381 g/mol. The summed E-state index contributed by atoms with van der Waals surface area (Å²) >= 11 is 1.61. The summed E-state index contributed by atoms with van der Waals surface area (Å²) in [6.45, 7) is 1.24. The van der Waals surface area contributed by atoms with Gasteiger partial charge in [-0.2, -0.15) is 0 Å². The number of methoxy groups -OCH3 is 1. The van der Waals surface area contributed by atoms with Crippen molar-refractivity contribution in [2.75, 3.05) is 26.1 Å². The van der Waals surface area contributed by atoms with Crippen molar-refractivity contribution in [2.24, 2.45) is 0 Å². The predicted octanol–water partition coefficient (Wildman–Crippen LogP) is 4.54. The molecule has 0 atom stereocenters. The first-order valence-electron chi connectivity index (χ1n) is 9.14. The third-order valence-corrected chi connectivity index (χ3v) is 6.18. The standard InChI is InChI=1S/C22H23NO3S/c1-25-17-7-8-18-19(16-5-3-2-4-6-16)14-21(23-20(18)13-17)27-15-22(24)9-11-26-12-10-22/h2-8,13-14,24H,9-12,15H2,1H3. The van der Waals surface area contributed by atoms with Gasteiger partial charge in [0.25, 0.3) is 0 Å². The van der Waals surface area contributed by atoms with Gasteiger partial charge in [0.1, 0.15) is 5.75 Å². The molecule has 5 heteroatoms. The van der Waals surface area contributed by atoms with Gasteiger partial charge in [0.2, 0.25) is 0 Å². The van der Waals surface area contributed by atoms with E-state index in [1.165, 1.54) is 0 Å². The van der Waals surface area contributed by atoms with E-state index in [0.717, 1.165) is 32.8 Å². The summed E-state index contributed by atoms with van der Waals surface area (Å²) in [4.78, 5) is 4.83. The summed E-state index contributed by atoms with van der Waals surface area (Å²) in [6.07, 6.45) is 1.35. The Morgan fingerprint density at radius 3 is 2.63 bits per heavy atom. The van der Waals surface area contributed by atoms with Crippen LogP contribution in [0.3, 0.4) is 0 Å². The number of benzene rings is 2. The molecule has 0 spiro atoms. The smallest absolute Gasteiger partial charge is 0.121 e. The number of aromatic nitrogens is 1. The van der Waals surface area contributed by atoms with Gasteiger partial charge in [0, 0.05) is 43.3 Å². The third-order valence-electron chi connectivity index (χ3n) is 4.99. The van der Waals surface area contributed by atoms with E-state index in [1.807, 2.05) is 30.3 Å². The van der Waals surface area contributed by atoms with Gasteiger partial charge in [0.05, 0.1) is 23.3 Å². The molecular weight excluding hydrogens is 358 g/mol. The molecule has 1 fully saturated rings. The number of thioether (sulfide) groups is 1. The van der Waals surface area contributed by atoms with Crippen LogP contribution in [-0.4, -0.2) is 41.8 Å². The van der Waals surface area contributed by atoms with Crippen molar-refractivity contribution in [1.29, 1.82) is 0 Å². The minimum absolute atomic E-state index is 0.618. The number of pyridine rings is 1. The zero-order valence-corrected chi connectivity index (χ0v) is 16.2. The zero-order valence-electron chi connectivity index (χ0n) is 15.4. The second kappa shape index (κ2) is 7.89. The quantitative estimate of drug-likeness (QED) is 0.658. The molecule has 2 aromatic carbocycles. The fourth-order valence-electron chi connectivity index (χ4n) is 3.35. The lowest BCUT2D eigenvalue weighted by Crippen LogP contribution is -2.38. The fraction of sp³-hybridized carbons (Fsp3) is 0.318. The molecule has 3 aromatic rings. The summed E-state index contributed by atoms with van der Waals surface area (Å²) in [6, 6.07) is 18.4. The fourth-order valence-corrected chi connectivity index (χ4v) is 4.41. The molecule has 1 aliphatic rings. The topological polar surface area (TPSA) is 51.6 Å². The van der Waals surface area contributed by atoms with Crippen LogP contribution in [0.25, 0.3) is 22.0 Å². The molecule has 140 valence electrons. The van der Waals surface area contributed by atoms with Crippen molar-refractivity contribution in [3.63, 3.8) is 0 Å². The van der Waals surface area contributed by atoms with E-state index >= 15 is 0 Å². The molecule has 1 N–H and O–H groups in total. The first kappa shape index (κ1) is 18.3. The van der Waals surface area contributed by atoms with Gasteiger partial charge in [-0.3, -0.25) is 0 Å². The lowest BCUT2D eigenvalue weighted by atomic mass is 9.97. The molecular formula is C22H23NO3S. The highest BCUT2D eigenvalue weighted by atomic mass is 32.2. The van der Waals surface area contributed by atoms with Gasteiger partial charge < -0.3 is 14.6 Å². The van der Waals surface area contributed by atoms with E-state index in [0.29, 0.717) is 31.8 Å². The molecule has 0 unspecified atom stereocenters. The van der Waals surface area contributed by atoms with E-state index in [2.05, 4.69) is 24.3 Å². The SMILES string of the molecule is COc1ccc2c(-c3ccccc3)cc(SCC3(O)CCOCC3)nc2c1. The maximum absolute atomic E-state index is 10.8. The van der Waals surface area contributed by atoms with Gasteiger partial charge in [-0.25, -0.2) is 4.98 Å². The molecule has 0 saturated carbocycles. The first-order valence-corrected chi connectivity index (χ1v) is 10.1. The van der Waals surface area contributed by atoms with Crippen LogP contribution < -0.4 is 4.74 Å². The summed E-state index contributed by atoms with van der Waals surface area (Å²) < 4.78 is 10.8. The Labute approximate surface area is 163 Å². The lowest BCUT2D eigenvalue weighted by Gasteiger charge is -2.31. The molecule has 4 nitrogen and oxygen atoms in total. The number of aliphatic hydroxyl groups is 1. The average Bonchev–Trinajstić information content (AvgIpc) is 2.72. The Morgan fingerprint density at radius 1 is 1.11 bits per heavy atom. The van der Waals surface area contributed by atoms with E-state index < -0.39 is 5.60 Å². The highest BCUT2D eigenvalue weighted by Gasteiger charge is 2.30. The van der Waals surface area contributed by atoms with Crippen LogP contribution in [0, 0.1) is 0 Å². The van der Waals surface area contributed by atoms with Gasteiger partial charge in [-0.05, 0) is 29.3 Å². The molecule has 0 amide bonds. The largest absolute Gasteiger partial charge is 0.497 e. The van der Waals surface area contributed by atoms with Gasteiger partial charge in [0.15, 0.2) is 0 Å². The van der Waals surface area contributed by atoms with Crippen LogP contribution >= 0.6 is 11.8 Å². The van der Waals surface area contributed by atoms with Crippen LogP contribution in [0.4, 0.5) is 0 Å². The van der Waals surface area contributed by atoms with Crippen LogP contribution in [0.5, 0.6) is 5.75 Å². The Morgan fingerprint density at radius 2 is 1.89 bits per heavy atom. The maximum Gasteiger partial charge on any atom is 0.121 e. The zero-order chi connectivity index (χ0) is 18.7. The molecule has 0 radical (unpaired) electrons. The third kappa shape index (κ3) is 4.10. The number of hydrogen-bond acceptors (Lipinski definition) is 5. The maximum atomic E-state index is 10.8. The van der Waals surface area contributed by atoms with Crippen LogP contribution in [0.2, 0.25) is 0 Å². The van der Waals surface area contributed by atoms with Crippen molar-refractivity contribution >= 4 is 22.7 Å². The van der Waals surface area contributed by atoms with Gasteiger partial charge in [-0.15, -0.1) is 11.8 Å². The van der Waals surface area contributed by atoms with Crippen LogP contribution in [0.15, 0.2) is 59.6 Å². The highest BCUT2D eigenvalue weighted by molar-refractivity contribution is 7.99. The van der Waals surface area contributed by atoms with E-state index in [9.17, 15) is 5.11 Å². The van der Waals surface area contributed by atoms with Crippen molar-refractivity contribution < 1.29 is 14.6 Å². The van der Waals surface area contributed by atoms with Crippen LogP contribution in [0.1, 0.15) is 12.8 Å². The number of fused-ring (bicyclic) bond motifs is 1. The molecule has 4 rings (SSSR count). The van der Waals surface area contributed by atoms with E-state index in [1.54, 1.807) is 18.9 Å². The number of hydrogen-bond donors (Lipinski definition) is 1. The second-order valence-corrected chi connectivity index (χ2v) is 7.88. The minimum Gasteiger partial charge on any atom is -0.497 e. The Bertz CT molecular complexity index is 923. The summed E-state index contributed by atoms with van der Waals surface area (Å²) in [5, 5.41) is 12.8. The molecule has 1 aromatic heterocycles. The Balaban J connectivity index is 1.72. The average molecular weight is 381 g/mol. The summed E-state index contributed by atoms with van der Waals surface area (Å²) in [7, 11) is 1.67. The molecule has 27 heavy (non-hydrogen) atoms. The number of ether oxygens (including phenoxy) is 2. The first-order chi connectivity index (χ1) is 13.2. The second-order valence-electron chi connectivity index (χ2n) is 6.88. The van der Waals surface area contributed by atoms with Crippen molar-refractivity contribution in [3.8, 4) is 16.9 Å². The molecule has 1 aliphatic heterocycles. The van der Waals surface area contributed by atoms with Gasteiger partial charge >= 0.3 is 0 Å². The van der Waals surface area contributed by atoms with Gasteiger partial charge in [-0.1, -0.05) is 30.3 Å². The molecule has 1 saturated heterocycles. The predicted molar refractivity (Wildman–Crippen MR) is 109 cm³/mol.